The minimum atomic E-state index is 0.777. The summed E-state index contributed by atoms with van der Waals surface area (Å²) in [6.07, 6.45) is 4.58. The van der Waals surface area contributed by atoms with Crippen LogP contribution in [-0.4, -0.2) is 61.3 Å². The summed E-state index contributed by atoms with van der Waals surface area (Å²) in [5, 5.41) is 7.18. The summed E-state index contributed by atoms with van der Waals surface area (Å²) < 4.78 is 7.29. The number of nitrogens with two attached hydrogens (primary N) is 4. The van der Waals surface area contributed by atoms with E-state index in [1.807, 2.05) is 24.3 Å². The maximum atomic E-state index is 6.49. The van der Waals surface area contributed by atoms with Gasteiger partial charge in [-0.2, -0.15) is 9.13 Å². The van der Waals surface area contributed by atoms with Gasteiger partial charge in [0.2, 0.25) is 22.4 Å². The molecule has 0 amide bonds. The molecule has 6 aromatic carbocycles. The zero-order valence-electron chi connectivity index (χ0n) is 38.7. The third-order valence-corrected chi connectivity index (χ3v) is 14.7. The van der Waals surface area contributed by atoms with Gasteiger partial charge in [0.15, 0.2) is 13.1 Å². The Kier molecular flexibility index (Phi) is 13.4. The van der Waals surface area contributed by atoms with Gasteiger partial charge in [-0.05, 0) is 100 Å². The molecule has 0 saturated heterocycles. The highest BCUT2D eigenvalue weighted by Crippen LogP contribution is 2.35. The van der Waals surface area contributed by atoms with Crippen LogP contribution in [0.2, 0.25) is 0 Å². The molecule has 0 fully saturated rings. The molecule has 8 aromatic rings. The van der Waals surface area contributed by atoms with Crippen LogP contribution >= 0.6 is 0 Å². The average molecular weight is 855 g/mol. The fraction of sp³-hybridized carbons (Fsp3) is 0.321. The molecule has 0 saturated carbocycles. The van der Waals surface area contributed by atoms with Gasteiger partial charge < -0.3 is 31.9 Å². The fourth-order valence-corrected chi connectivity index (χ4v) is 10.8. The van der Waals surface area contributed by atoms with Crippen LogP contribution in [0.3, 0.4) is 0 Å². The van der Waals surface area contributed by atoms with Gasteiger partial charge in [-0.1, -0.05) is 48.5 Å². The van der Waals surface area contributed by atoms with Crippen molar-refractivity contribution in [2.24, 2.45) is 0 Å². The first-order chi connectivity index (χ1) is 31.1. The van der Waals surface area contributed by atoms with Gasteiger partial charge in [-0.3, -0.25) is 0 Å². The lowest BCUT2D eigenvalue weighted by molar-refractivity contribution is -0.932. The first-order valence-corrected chi connectivity index (χ1v) is 23.8. The van der Waals surface area contributed by atoms with Gasteiger partial charge in [0, 0.05) is 69.6 Å². The van der Waals surface area contributed by atoms with Crippen molar-refractivity contribution in [3.8, 4) is 22.5 Å². The molecule has 0 spiro atoms. The molecule has 0 aliphatic carbocycles. The number of benzene rings is 6. The van der Waals surface area contributed by atoms with Crippen LogP contribution in [-0.2, 0) is 13.1 Å². The zero-order chi connectivity index (χ0) is 44.8. The summed E-state index contributed by atoms with van der Waals surface area (Å²) in [7, 11) is 0. The van der Waals surface area contributed by atoms with Crippen molar-refractivity contribution in [3.05, 3.63) is 133 Å². The predicted molar refractivity (Wildman–Crippen MR) is 272 cm³/mol. The summed E-state index contributed by atoms with van der Waals surface area (Å²) in [6.45, 7) is 20.5. The number of nitrogens with zero attached hydrogens (tertiary/aromatic N) is 4. The van der Waals surface area contributed by atoms with Crippen LogP contribution in [0.25, 0.3) is 65.9 Å². The lowest BCUT2D eigenvalue weighted by atomic mass is 9.98. The Bertz CT molecular complexity index is 2680. The minimum Gasteiger partial charge on any atom is -0.399 e. The van der Waals surface area contributed by atoms with Gasteiger partial charge in [-0.25, -0.2) is 0 Å². The Hall–Kier alpha value is -6.22. The summed E-state index contributed by atoms with van der Waals surface area (Å²) in [5.74, 6) is 0. The zero-order valence-corrected chi connectivity index (χ0v) is 38.7. The number of hydrogen-bond donors (Lipinski definition) is 4. The normalized spacial score (nSPS) is 12.2. The van der Waals surface area contributed by atoms with E-state index in [2.05, 4.69) is 146 Å². The minimum absolute atomic E-state index is 0.777. The second-order valence-electron chi connectivity index (χ2n) is 18.2. The average Bonchev–Trinajstić information content (AvgIpc) is 3.32. The summed E-state index contributed by atoms with van der Waals surface area (Å²) in [4.78, 5) is 0. The van der Waals surface area contributed by atoms with Gasteiger partial charge in [0.05, 0.1) is 86.7 Å². The Labute approximate surface area is 380 Å². The van der Waals surface area contributed by atoms with Crippen LogP contribution in [0.15, 0.2) is 133 Å². The Morgan fingerprint density at radius 3 is 1.05 bits per heavy atom. The van der Waals surface area contributed by atoms with Crippen LogP contribution in [0, 0.1) is 0 Å². The number of nitrogen functional groups attached to an aromatic ring is 4. The van der Waals surface area contributed by atoms with Crippen LogP contribution in [0.5, 0.6) is 0 Å². The molecule has 0 unspecified atom stereocenters. The number of pyridine rings is 2. The van der Waals surface area contributed by atoms with E-state index in [0.29, 0.717) is 0 Å². The van der Waals surface area contributed by atoms with Crippen molar-refractivity contribution in [2.75, 3.05) is 75.3 Å². The number of anilines is 4. The molecule has 64 heavy (non-hydrogen) atoms. The van der Waals surface area contributed by atoms with E-state index < -0.39 is 0 Å². The number of aromatic nitrogens is 2. The molecule has 0 aliphatic heterocycles. The third-order valence-electron chi connectivity index (χ3n) is 14.7. The van der Waals surface area contributed by atoms with Crippen molar-refractivity contribution in [2.45, 2.75) is 66.5 Å². The fourth-order valence-electron chi connectivity index (χ4n) is 10.8. The van der Waals surface area contributed by atoms with Gasteiger partial charge >= 0.3 is 0 Å². The van der Waals surface area contributed by atoms with E-state index in [9.17, 15) is 0 Å². The third kappa shape index (κ3) is 8.95. The number of unbranched alkanes of at least 4 members (excludes halogenated alkanes) is 1. The molecule has 2 heterocycles. The second-order valence-corrected chi connectivity index (χ2v) is 18.2. The maximum Gasteiger partial charge on any atom is 0.220 e. The van der Waals surface area contributed by atoms with E-state index in [-0.39, 0.29) is 0 Å². The highest BCUT2D eigenvalue weighted by atomic mass is 15.4. The molecular weight excluding hydrogens is 785 g/mol. The molecule has 8 heteroatoms. The van der Waals surface area contributed by atoms with Crippen LogP contribution in [0.4, 0.5) is 22.7 Å². The van der Waals surface area contributed by atoms with Gasteiger partial charge in [-0.15, -0.1) is 0 Å². The largest absolute Gasteiger partial charge is 0.399 e. The number of hydrogen-bond acceptors (Lipinski definition) is 4. The van der Waals surface area contributed by atoms with E-state index >= 15 is 0 Å². The molecule has 0 bridgehead atoms. The number of fused-ring (bicyclic) bond motifs is 6. The smallest absolute Gasteiger partial charge is 0.220 e. The first-order valence-electron chi connectivity index (χ1n) is 23.8. The number of aryl methyl sites for hydroxylation is 2. The highest BCUT2D eigenvalue weighted by Gasteiger charge is 2.30. The summed E-state index contributed by atoms with van der Waals surface area (Å²) in [5.41, 5.74) is 36.2. The Morgan fingerprint density at radius 1 is 0.359 bits per heavy atom. The molecule has 8 rings (SSSR count). The van der Waals surface area contributed by atoms with E-state index in [4.69, 9.17) is 22.9 Å². The molecule has 0 aliphatic rings. The Morgan fingerprint density at radius 2 is 0.688 bits per heavy atom. The quantitative estimate of drug-likeness (QED) is 0.0213. The van der Waals surface area contributed by atoms with E-state index in [0.717, 1.165) is 96.9 Å². The van der Waals surface area contributed by atoms with Gasteiger partial charge in [0.25, 0.3) is 0 Å². The lowest BCUT2D eigenvalue weighted by Gasteiger charge is -2.39. The lowest BCUT2D eigenvalue weighted by Crippen LogP contribution is -2.52. The molecule has 8 nitrogen and oxygen atoms in total. The topological polar surface area (TPSA) is 112 Å². The number of quaternary nitrogens is 2. The van der Waals surface area contributed by atoms with Crippen molar-refractivity contribution >= 4 is 66.1 Å². The standard InChI is InChI=1S/C56H68N8/c1-5-63(6-2,35-17-31-61-53-39-45(59)25-29-49(53)47-27-23-43(57)37-51(47)55(61)41-19-11-9-12-20-41)33-15-16-34-64(7-3,8-4)36-18-32-62-54-40-46(60)26-30-50(54)48-28-24-44(58)38-52(48)56(62)42-21-13-10-14-22-42/h9-14,19-30,37-40,59-60H,5-8,15-18,31-36,57-58H2,1-4H3/q+2/p+2. The molecule has 330 valence electrons. The summed E-state index contributed by atoms with van der Waals surface area (Å²) >= 11 is 0. The molecule has 8 N–H and O–H groups in total. The van der Waals surface area contributed by atoms with Crippen LogP contribution in [0.1, 0.15) is 53.4 Å². The number of rotatable bonds is 19. The highest BCUT2D eigenvalue weighted by molar-refractivity contribution is 6.11. The van der Waals surface area contributed by atoms with Crippen molar-refractivity contribution < 1.29 is 18.1 Å². The second kappa shape index (κ2) is 19.3. The molecular formula is C56H70N8+4. The van der Waals surface area contributed by atoms with Crippen molar-refractivity contribution in [1.82, 2.24) is 0 Å². The van der Waals surface area contributed by atoms with Crippen molar-refractivity contribution in [1.29, 1.82) is 0 Å². The van der Waals surface area contributed by atoms with Crippen molar-refractivity contribution in [3.63, 3.8) is 0 Å². The SMILES string of the molecule is CC[N+](CC)(CCCC[N+](CC)(CC)CCC[n+]1c(-c2ccccc2)c2cc(N)ccc2c2ccc(N)cc21)CCC[n+]1c(-c2ccccc2)c2cc(N)ccc2c2ccc(N)cc21. The molecule has 2 aromatic heterocycles. The monoisotopic (exact) mass is 855 g/mol. The molecule has 0 atom stereocenters. The maximum absolute atomic E-state index is 6.49. The van der Waals surface area contributed by atoms with E-state index in [1.54, 1.807) is 0 Å². The van der Waals surface area contributed by atoms with Crippen LogP contribution < -0.4 is 32.1 Å². The first kappa shape index (κ1) is 44.4. The van der Waals surface area contributed by atoms with Gasteiger partial charge in [0.1, 0.15) is 0 Å². The van der Waals surface area contributed by atoms with E-state index in [1.165, 1.54) is 91.8 Å². The summed E-state index contributed by atoms with van der Waals surface area (Å²) in [6, 6.07) is 46.9. The Balaban J connectivity index is 0.982. The molecule has 0 radical (unpaired) electrons. The predicted octanol–water partition coefficient (Wildman–Crippen LogP) is 10.5.